The van der Waals surface area contributed by atoms with Crippen LogP contribution in [0, 0.1) is 0 Å². The van der Waals surface area contributed by atoms with E-state index in [-0.39, 0.29) is 6.61 Å². The van der Waals surface area contributed by atoms with E-state index in [9.17, 15) is 0 Å². The number of nitrogens with zero attached hydrogens (tertiary/aromatic N) is 3. The molecule has 0 saturated heterocycles. The summed E-state index contributed by atoms with van der Waals surface area (Å²) in [6.45, 7) is 0.246. The van der Waals surface area contributed by atoms with Crippen LogP contribution < -0.4 is 0 Å². The van der Waals surface area contributed by atoms with E-state index >= 15 is 0 Å². The lowest BCUT2D eigenvalue weighted by Gasteiger charge is -2.02. The van der Waals surface area contributed by atoms with Crippen molar-refractivity contribution in [3.8, 4) is 0 Å². The van der Waals surface area contributed by atoms with Gasteiger partial charge in [-0.15, -0.1) is 11.3 Å². The Morgan fingerprint density at radius 2 is 2.19 bits per heavy atom. The number of fused-ring (bicyclic) bond motifs is 1. The summed E-state index contributed by atoms with van der Waals surface area (Å²) >= 11 is 19.4. The predicted octanol–water partition coefficient (Wildman–Crippen LogP) is 4.91. The molecular formula is C13H8Cl3N3OS. The second-order valence-corrected chi connectivity index (χ2v) is 6.16. The van der Waals surface area contributed by atoms with Gasteiger partial charge in [-0.05, 0) is 12.1 Å². The molecule has 0 aliphatic rings. The summed E-state index contributed by atoms with van der Waals surface area (Å²) in [4.78, 5) is 10.2. The lowest BCUT2D eigenvalue weighted by molar-refractivity contribution is 0.132. The maximum absolute atomic E-state index is 6.05. The number of halogens is 3. The Bertz CT molecular complexity index is 812. The van der Waals surface area contributed by atoms with E-state index in [0.717, 1.165) is 10.5 Å². The number of thiazole rings is 1. The monoisotopic (exact) mass is 359 g/mol. The highest BCUT2D eigenvalue weighted by Gasteiger charge is 2.09. The van der Waals surface area contributed by atoms with Gasteiger partial charge in [0.05, 0.1) is 6.21 Å². The van der Waals surface area contributed by atoms with Gasteiger partial charge in [0.25, 0.3) is 0 Å². The molecule has 2 heterocycles. The summed E-state index contributed by atoms with van der Waals surface area (Å²) < 4.78 is 1.84. The minimum Gasteiger partial charge on any atom is -0.391 e. The first kappa shape index (κ1) is 14.7. The van der Waals surface area contributed by atoms with Crippen molar-refractivity contribution in [2.24, 2.45) is 5.16 Å². The van der Waals surface area contributed by atoms with Gasteiger partial charge in [0.1, 0.15) is 12.3 Å². The molecule has 0 saturated carbocycles. The topological polar surface area (TPSA) is 38.9 Å². The first-order chi connectivity index (χ1) is 10.1. The molecule has 108 valence electrons. The maximum Gasteiger partial charge on any atom is 0.195 e. The van der Waals surface area contributed by atoms with Crippen molar-refractivity contribution in [1.82, 2.24) is 9.38 Å². The first-order valence-corrected chi connectivity index (χ1v) is 7.87. The Balaban J connectivity index is 1.70. The summed E-state index contributed by atoms with van der Waals surface area (Å²) in [7, 11) is 0. The van der Waals surface area contributed by atoms with Crippen LogP contribution in [-0.4, -0.2) is 15.6 Å². The third kappa shape index (κ3) is 3.16. The molecule has 3 rings (SSSR count). The number of benzene rings is 1. The molecule has 0 aliphatic carbocycles. The summed E-state index contributed by atoms with van der Waals surface area (Å²) in [6, 6.07) is 5.20. The van der Waals surface area contributed by atoms with E-state index in [4.69, 9.17) is 39.6 Å². The molecule has 0 aliphatic heterocycles. The molecule has 0 spiro atoms. The number of aromatic nitrogens is 2. The second-order valence-electron chi connectivity index (χ2n) is 4.09. The maximum atomic E-state index is 6.05. The van der Waals surface area contributed by atoms with Crippen LogP contribution in [-0.2, 0) is 11.4 Å². The first-order valence-electron chi connectivity index (χ1n) is 5.85. The minimum atomic E-state index is 0.246. The summed E-state index contributed by atoms with van der Waals surface area (Å²) in [5.41, 5.74) is 1.48. The highest BCUT2D eigenvalue weighted by molar-refractivity contribution is 7.15. The largest absolute Gasteiger partial charge is 0.391 e. The lowest BCUT2D eigenvalue weighted by Crippen LogP contribution is -1.92. The molecule has 0 amide bonds. The normalized spacial score (nSPS) is 11.6. The highest BCUT2D eigenvalue weighted by atomic mass is 35.5. The highest BCUT2D eigenvalue weighted by Crippen LogP contribution is 2.22. The van der Waals surface area contributed by atoms with Gasteiger partial charge in [0.2, 0.25) is 0 Å². The Kier molecular flexibility index (Phi) is 4.35. The van der Waals surface area contributed by atoms with Crippen molar-refractivity contribution in [2.75, 3.05) is 0 Å². The van der Waals surface area contributed by atoms with E-state index in [1.807, 2.05) is 16.0 Å². The minimum absolute atomic E-state index is 0.246. The van der Waals surface area contributed by atoms with Gasteiger partial charge in [-0.1, -0.05) is 46.0 Å². The summed E-state index contributed by atoms with van der Waals surface area (Å²) in [5, 5.41) is 7.34. The van der Waals surface area contributed by atoms with Crippen molar-refractivity contribution in [1.29, 1.82) is 0 Å². The molecule has 0 unspecified atom stereocenters. The van der Waals surface area contributed by atoms with Gasteiger partial charge in [0.15, 0.2) is 10.1 Å². The standard InChI is InChI=1S/C13H8Cl3N3OS/c14-9-2-1-8(10(15)5-9)7-20-17-6-11-12(16)18-13-19(11)3-4-21-13/h1-6H,7H2/b17-6+. The Morgan fingerprint density at radius 3 is 3.00 bits per heavy atom. The zero-order valence-corrected chi connectivity index (χ0v) is 13.5. The average molecular weight is 361 g/mol. The molecule has 4 nitrogen and oxygen atoms in total. The molecule has 0 atom stereocenters. The van der Waals surface area contributed by atoms with Gasteiger partial charge in [-0.25, -0.2) is 4.98 Å². The zero-order valence-electron chi connectivity index (χ0n) is 10.5. The van der Waals surface area contributed by atoms with Crippen molar-refractivity contribution in [2.45, 2.75) is 6.61 Å². The molecule has 3 aromatic rings. The van der Waals surface area contributed by atoms with Crippen LogP contribution in [0.4, 0.5) is 0 Å². The number of imidazole rings is 1. The van der Waals surface area contributed by atoms with Crippen LogP contribution in [0.15, 0.2) is 34.9 Å². The van der Waals surface area contributed by atoms with Gasteiger partial charge in [0, 0.05) is 27.2 Å². The molecule has 0 radical (unpaired) electrons. The number of hydrogen-bond acceptors (Lipinski definition) is 4. The number of hydrogen-bond donors (Lipinski definition) is 0. The second kappa shape index (κ2) is 6.23. The van der Waals surface area contributed by atoms with Crippen molar-refractivity contribution in [3.05, 3.63) is 56.2 Å². The average Bonchev–Trinajstić information content (AvgIpc) is 2.98. The third-order valence-electron chi connectivity index (χ3n) is 2.74. The van der Waals surface area contributed by atoms with E-state index in [1.54, 1.807) is 18.2 Å². The van der Waals surface area contributed by atoms with Gasteiger partial charge >= 0.3 is 0 Å². The smallest absolute Gasteiger partial charge is 0.195 e. The molecule has 2 aromatic heterocycles. The molecular weight excluding hydrogens is 353 g/mol. The van der Waals surface area contributed by atoms with Crippen molar-refractivity contribution >= 4 is 57.3 Å². The fraction of sp³-hybridized carbons (Fsp3) is 0.0769. The molecule has 0 bridgehead atoms. The lowest BCUT2D eigenvalue weighted by atomic mass is 10.2. The SMILES string of the molecule is Clc1ccc(CO/N=C/c2c(Cl)nc3sccn23)c(Cl)c1. The zero-order chi connectivity index (χ0) is 14.8. The van der Waals surface area contributed by atoms with Crippen molar-refractivity contribution in [3.63, 3.8) is 0 Å². The van der Waals surface area contributed by atoms with E-state index in [0.29, 0.717) is 20.9 Å². The van der Waals surface area contributed by atoms with E-state index < -0.39 is 0 Å². The molecule has 0 N–H and O–H groups in total. The van der Waals surface area contributed by atoms with Gasteiger partial charge in [-0.2, -0.15) is 0 Å². The molecule has 0 fully saturated rings. The third-order valence-corrected chi connectivity index (χ3v) is 4.36. The van der Waals surface area contributed by atoms with Crippen LogP contribution in [0.5, 0.6) is 0 Å². The fourth-order valence-corrected chi connectivity index (χ4v) is 3.18. The van der Waals surface area contributed by atoms with Gasteiger partial charge < -0.3 is 4.84 Å². The van der Waals surface area contributed by atoms with Crippen molar-refractivity contribution < 1.29 is 4.84 Å². The quantitative estimate of drug-likeness (QED) is 0.490. The molecule has 8 heteroatoms. The Hall–Kier alpha value is -1.27. The Labute approximate surface area is 139 Å². The molecule has 21 heavy (non-hydrogen) atoms. The van der Waals surface area contributed by atoms with Crippen LogP contribution in [0.2, 0.25) is 15.2 Å². The predicted molar refractivity (Wildman–Crippen MR) is 86.9 cm³/mol. The van der Waals surface area contributed by atoms with Crippen LogP contribution >= 0.6 is 46.1 Å². The summed E-state index contributed by atoms with van der Waals surface area (Å²) in [5.74, 6) is 0. The number of rotatable bonds is 4. The number of oxime groups is 1. The molecule has 1 aromatic carbocycles. The fourth-order valence-electron chi connectivity index (χ4n) is 1.73. The van der Waals surface area contributed by atoms with E-state index in [2.05, 4.69) is 10.1 Å². The van der Waals surface area contributed by atoms with Crippen LogP contribution in [0.25, 0.3) is 4.96 Å². The van der Waals surface area contributed by atoms with E-state index in [1.165, 1.54) is 17.6 Å². The Morgan fingerprint density at radius 1 is 1.33 bits per heavy atom. The van der Waals surface area contributed by atoms with Gasteiger partial charge in [-0.3, -0.25) is 4.40 Å². The van der Waals surface area contributed by atoms with Crippen LogP contribution in [0.3, 0.4) is 0 Å². The summed E-state index contributed by atoms with van der Waals surface area (Å²) in [6.07, 6.45) is 3.40. The van der Waals surface area contributed by atoms with Crippen LogP contribution in [0.1, 0.15) is 11.3 Å².